The van der Waals surface area contributed by atoms with E-state index in [0.717, 1.165) is 39.3 Å². The molecule has 4 aromatic rings. The third-order valence-electron chi connectivity index (χ3n) is 4.99. The summed E-state index contributed by atoms with van der Waals surface area (Å²) in [6.07, 6.45) is 4.23. The molecule has 0 bridgehead atoms. The van der Waals surface area contributed by atoms with E-state index in [1.807, 2.05) is 49.4 Å². The molecule has 9 heteroatoms. The van der Waals surface area contributed by atoms with E-state index in [1.54, 1.807) is 12.3 Å². The molecule has 0 saturated carbocycles. The zero-order chi connectivity index (χ0) is 23.0. The van der Waals surface area contributed by atoms with Crippen LogP contribution in [0, 0.1) is 0 Å². The second kappa shape index (κ2) is 10.7. The Morgan fingerprint density at radius 3 is 2.88 bits per heavy atom. The highest BCUT2D eigenvalue weighted by atomic mass is 32.2. The average molecular weight is 462 g/mol. The third kappa shape index (κ3) is 5.38. The summed E-state index contributed by atoms with van der Waals surface area (Å²) in [6, 6.07) is 15.3. The van der Waals surface area contributed by atoms with Crippen molar-refractivity contribution in [2.24, 2.45) is 0 Å². The molecule has 4 rings (SSSR count). The number of tetrazole rings is 1. The smallest absolute Gasteiger partial charge is 0.207 e. The van der Waals surface area contributed by atoms with Crippen LogP contribution in [0.1, 0.15) is 30.0 Å². The summed E-state index contributed by atoms with van der Waals surface area (Å²) in [5, 5.41) is 25.6. The lowest BCUT2D eigenvalue weighted by molar-refractivity contribution is -0.107. The number of hydrogen-bond acceptors (Lipinski definition) is 8. The highest BCUT2D eigenvalue weighted by Crippen LogP contribution is 2.35. The van der Waals surface area contributed by atoms with Gasteiger partial charge in [0.05, 0.1) is 5.56 Å². The molecule has 0 aliphatic carbocycles. The highest BCUT2D eigenvalue weighted by molar-refractivity contribution is 7.99. The van der Waals surface area contributed by atoms with Crippen molar-refractivity contribution in [3.05, 3.63) is 71.4 Å². The molecule has 33 heavy (non-hydrogen) atoms. The normalized spacial score (nSPS) is 10.8. The minimum Gasteiger partial charge on any atom is -0.507 e. The Bertz CT molecular complexity index is 1230. The number of aromatic nitrogens is 5. The predicted molar refractivity (Wildman–Crippen MR) is 124 cm³/mol. The zero-order valence-electron chi connectivity index (χ0n) is 18.1. The van der Waals surface area contributed by atoms with Gasteiger partial charge in [0.15, 0.2) is 0 Å². The number of aromatic hydroxyl groups is 1. The number of ether oxygens (including phenoxy) is 1. The van der Waals surface area contributed by atoms with Crippen LogP contribution in [0.5, 0.6) is 11.5 Å². The van der Waals surface area contributed by atoms with Gasteiger partial charge in [0, 0.05) is 28.6 Å². The quantitative estimate of drug-likeness (QED) is 0.334. The molecule has 0 saturated heterocycles. The van der Waals surface area contributed by atoms with Gasteiger partial charge in [-0.1, -0.05) is 43.3 Å². The minimum atomic E-state index is 0.148. The largest absolute Gasteiger partial charge is 0.507 e. The minimum absolute atomic E-state index is 0.148. The first-order chi connectivity index (χ1) is 16.2. The fourth-order valence-electron chi connectivity index (χ4n) is 3.44. The first kappa shape index (κ1) is 22.5. The lowest BCUT2D eigenvalue weighted by Gasteiger charge is -2.15. The number of carbonyl (C=O) groups excluding carboxylic acids is 1. The predicted octanol–water partition coefficient (Wildman–Crippen LogP) is 4.39. The Morgan fingerprint density at radius 1 is 1.18 bits per heavy atom. The monoisotopic (exact) mass is 461 g/mol. The number of pyridine rings is 1. The Labute approximate surface area is 195 Å². The highest BCUT2D eigenvalue weighted by Gasteiger charge is 2.14. The van der Waals surface area contributed by atoms with Crippen LogP contribution in [0.15, 0.2) is 64.6 Å². The van der Waals surface area contributed by atoms with Gasteiger partial charge in [0.2, 0.25) is 5.82 Å². The van der Waals surface area contributed by atoms with Crippen LogP contribution >= 0.6 is 11.8 Å². The van der Waals surface area contributed by atoms with Crippen molar-refractivity contribution in [1.82, 2.24) is 25.6 Å². The number of phenolic OH excluding ortho intramolecular Hbond substituents is 1. The number of hydrogen-bond donors (Lipinski definition) is 2. The van der Waals surface area contributed by atoms with Crippen molar-refractivity contribution in [2.45, 2.75) is 42.7 Å². The number of nitrogens with zero attached hydrogens (tertiary/aromatic N) is 4. The van der Waals surface area contributed by atoms with Crippen LogP contribution < -0.4 is 4.74 Å². The summed E-state index contributed by atoms with van der Waals surface area (Å²) in [5.41, 5.74) is 3.14. The molecule has 2 N–H and O–H groups in total. The number of phenols is 1. The molecule has 0 radical (unpaired) electrons. The van der Waals surface area contributed by atoms with Crippen molar-refractivity contribution in [3.8, 4) is 22.9 Å². The Hall–Kier alpha value is -3.72. The van der Waals surface area contributed by atoms with Crippen molar-refractivity contribution < 1.29 is 14.6 Å². The fourth-order valence-corrected chi connectivity index (χ4v) is 4.40. The second-order valence-electron chi connectivity index (χ2n) is 7.30. The van der Waals surface area contributed by atoms with Crippen molar-refractivity contribution in [2.75, 3.05) is 0 Å². The SMILES string of the molecule is CCCc1c(OCc2cccc(Sc3ncccc3-c3nn[nH]n3)c2)ccc(CC=O)c1O. The van der Waals surface area contributed by atoms with E-state index in [0.29, 0.717) is 30.2 Å². The van der Waals surface area contributed by atoms with E-state index in [4.69, 9.17) is 4.74 Å². The van der Waals surface area contributed by atoms with Gasteiger partial charge in [-0.05, 0) is 47.5 Å². The van der Waals surface area contributed by atoms with Crippen LogP contribution in [0.3, 0.4) is 0 Å². The first-order valence-corrected chi connectivity index (χ1v) is 11.4. The van der Waals surface area contributed by atoms with E-state index >= 15 is 0 Å². The number of aromatic amines is 1. The van der Waals surface area contributed by atoms with E-state index in [1.165, 1.54) is 11.8 Å². The van der Waals surface area contributed by atoms with Gasteiger partial charge in [0.1, 0.15) is 29.4 Å². The van der Waals surface area contributed by atoms with E-state index in [2.05, 4.69) is 25.6 Å². The third-order valence-corrected chi connectivity index (χ3v) is 6.00. The first-order valence-electron chi connectivity index (χ1n) is 10.5. The summed E-state index contributed by atoms with van der Waals surface area (Å²) < 4.78 is 6.07. The molecule has 0 atom stereocenters. The van der Waals surface area contributed by atoms with Gasteiger partial charge in [-0.3, -0.25) is 0 Å². The molecule has 2 aromatic heterocycles. The molecular formula is C24H23N5O3S. The van der Waals surface area contributed by atoms with Crippen molar-refractivity contribution >= 4 is 18.0 Å². The molecule has 0 amide bonds. The maximum absolute atomic E-state index is 10.9. The summed E-state index contributed by atoms with van der Waals surface area (Å²) in [4.78, 5) is 16.4. The number of aldehydes is 1. The van der Waals surface area contributed by atoms with Gasteiger partial charge < -0.3 is 14.6 Å². The second-order valence-corrected chi connectivity index (χ2v) is 8.36. The maximum atomic E-state index is 10.9. The Balaban J connectivity index is 1.51. The van der Waals surface area contributed by atoms with E-state index < -0.39 is 0 Å². The Morgan fingerprint density at radius 2 is 2.09 bits per heavy atom. The lowest BCUT2D eigenvalue weighted by atomic mass is 10.0. The number of H-pyrrole nitrogens is 1. The molecule has 2 heterocycles. The molecule has 168 valence electrons. The molecule has 0 aliphatic rings. The molecular weight excluding hydrogens is 438 g/mol. The number of benzene rings is 2. The number of carbonyl (C=O) groups is 1. The van der Waals surface area contributed by atoms with Gasteiger partial charge in [0.25, 0.3) is 0 Å². The molecule has 0 spiro atoms. The van der Waals surface area contributed by atoms with Crippen molar-refractivity contribution in [3.63, 3.8) is 0 Å². The summed E-state index contributed by atoms with van der Waals surface area (Å²) in [6.45, 7) is 2.38. The van der Waals surface area contributed by atoms with Gasteiger partial charge in [-0.15, -0.1) is 10.2 Å². The molecule has 0 aliphatic heterocycles. The lowest BCUT2D eigenvalue weighted by Crippen LogP contribution is -2.01. The van der Waals surface area contributed by atoms with Crippen LogP contribution in [-0.2, 0) is 24.2 Å². The molecule has 0 unspecified atom stereocenters. The van der Waals surface area contributed by atoms with Gasteiger partial charge in [-0.2, -0.15) is 5.21 Å². The molecule has 8 nitrogen and oxygen atoms in total. The van der Waals surface area contributed by atoms with Gasteiger partial charge >= 0.3 is 0 Å². The van der Waals surface area contributed by atoms with Gasteiger partial charge in [-0.25, -0.2) is 4.98 Å². The summed E-state index contributed by atoms with van der Waals surface area (Å²) >= 11 is 1.51. The average Bonchev–Trinajstić information content (AvgIpc) is 3.37. The van der Waals surface area contributed by atoms with Crippen LogP contribution in [-0.4, -0.2) is 37.0 Å². The zero-order valence-corrected chi connectivity index (χ0v) is 18.9. The fraction of sp³-hybridized carbons (Fsp3) is 0.208. The summed E-state index contributed by atoms with van der Waals surface area (Å²) in [7, 11) is 0. The maximum Gasteiger partial charge on any atom is 0.207 e. The molecule has 2 aromatic carbocycles. The standard InChI is InChI=1S/C24H23N5O3S/c1-2-5-19-21(10-9-17(11-13-30)22(19)31)32-15-16-6-3-7-18(14-16)33-24-20(8-4-12-25-24)23-26-28-29-27-23/h3-4,6-10,12-14,31H,2,5,11,15H2,1H3,(H,26,27,28,29). The summed E-state index contributed by atoms with van der Waals surface area (Å²) in [5.74, 6) is 1.27. The molecule has 0 fully saturated rings. The number of rotatable bonds is 10. The Kier molecular flexibility index (Phi) is 7.31. The van der Waals surface area contributed by atoms with Crippen LogP contribution in [0.4, 0.5) is 0 Å². The van der Waals surface area contributed by atoms with E-state index in [-0.39, 0.29) is 12.2 Å². The van der Waals surface area contributed by atoms with Crippen LogP contribution in [0.2, 0.25) is 0 Å². The van der Waals surface area contributed by atoms with Crippen molar-refractivity contribution in [1.29, 1.82) is 0 Å². The van der Waals surface area contributed by atoms with E-state index in [9.17, 15) is 9.90 Å². The number of nitrogens with one attached hydrogen (secondary N) is 1. The van der Waals surface area contributed by atoms with Crippen LogP contribution in [0.25, 0.3) is 11.4 Å². The topological polar surface area (TPSA) is 114 Å².